The average Bonchev–Trinajstić information content (AvgIpc) is 2.93. The maximum absolute atomic E-state index is 10.2. The lowest BCUT2D eigenvalue weighted by Gasteiger charge is -2.35. The third-order valence-electron chi connectivity index (χ3n) is 4.43. The SMILES string of the molecule is C[C@@H]1C[C@H](C)CN(C[C@H](O)COCc2ccc3c(c2)OCO3)C1. The third kappa shape index (κ3) is 4.59. The zero-order chi connectivity index (χ0) is 16.2. The van der Waals surface area contributed by atoms with Crippen LogP contribution in [-0.4, -0.2) is 49.1 Å². The van der Waals surface area contributed by atoms with Crippen LogP contribution in [0.15, 0.2) is 18.2 Å². The molecule has 3 rings (SSSR count). The van der Waals surface area contributed by atoms with E-state index in [-0.39, 0.29) is 6.79 Å². The summed E-state index contributed by atoms with van der Waals surface area (Å²) in [6.07, 6.45) is 0.842. The molecule has 0 unspecified atom stereocenters. The monoisotopic (exact) mass is 321 g/mol. The minimum Gasteiger partial charge on any atom is -0.454 e. The average molecular weight is 321 g/mol. The van der Waals surface area contributed by atoms with Gasteiger partial charge in [0, 0.05) is 19.6 Å². The smallest absolute Gasteiger partial charge is 0.231 e. The minimum atomic E-state index is -0.443. The Balaban J connectivity index is 1.40. The minimum absolute atomic E-state index is 0.283. The Morgan fingerprint density at radius 2 is 1.96 bits per heavy atom. The molecule has 2 heterocycles. The summed E-state index contributed by atoms with van der Waals surface area (Å²) in [5.74, 6) is 2.96. The Kier molecular flexibility index (Phi) is 5.41. The van der Waals surface area contributed by atoms with Crippen LogP contribution >= 0.6 is 0 Å². The molecule has 3 atom stereocenters. The molecule has 0 radical (unpaired) electrons. The fraction of sp³-hybridized carbons (Fsp3) is 0.667. The number of aliphatic hydroxyl groups excluding tert-OH is 1. The molecule has 128 valence electrons. The number of likely N-dealkylation sites (tertiary alicyclic amines) is 1. The first-order valence-electron chi connectivity index (χ1n) is 8.47. The second kappa shape index (κ2) is 7.51. The molecule has 0 aromatic heterocycles. The van der Waals surface area contributed by atoms with Crippen LogP contribution in [0.4, 0.5) is 0 Å². The van der Waals surface area contributed by atoms with Crippen LogP contribution in [0.1, 0.15) is 25.8 Å². The van der Waals surface area contributed by atoms with E-state index >= 15 is 0 Å². The molecule has 5 nitrogen and oxygen atoms in total. The Labute approximate surface area is 138 Å². The predicted octanol–water partition coefficient (Wildman–Crippen LogP) is 2.27. The fourth-order valence-electron chi connectivity index (χ4n) is 3.64. The number of benzene rings is 1. The molecule has 1 fully saturated rings. The molecule has 2 aliphatic heterocycles. The van der Waals surface area contributed by atoms with Gasteiger partial charge in [-0.05, 0) is 36.0 Å². The maximum Gasteiger partial charge on any atom is 0.231 e. The second-order valence-electron chi connectivity index (χ2n) is 7.02. The highest BCUT2D eigenvalue weighted by Crippen LogP contribution is 2.32. The Morgan fingerprint density at radius 3 is 2.74 bits per heavy atom. The first-order valence-corrected chi connectivity index (χ1v) is 8.47. The zero-order valence-corrected chi connectivity index (χ0v) is 14.0. The van der Waals surface area contributed by atoms with Crippen LogP contribution in [0, 0.1) is 11.8 Å². The van der Waals surface area contributed by atoms with Crippen molar-refractivity contribution in [2.45, 2.75) is 33.0 Å². The summed E-state index contributed by atoms with van der Waals surface area (Å²) in [6.45, 7) is 8.51. The van der Waals surface area contributed by atoms with E-state index in [1.54, 1.807) is 0 Å². The number of rotatable bonds is 6. The first kappa shape index (κ1) is 16.6. The van der Waals surface area contributed by atoms with E-state index in [1.165, 1.54) is 6.42 Å². The van der Waals surface area contributed by atoms with Gasteiger partial charge in [-0.15, -0.1) is 0 Å². The summed E-state index contributed by atoms with van der Waals surface area (Å²) >= 11 is 0. The van der Waals surface area contributed by atoms with Gasteiger partial charge < -0.3 is 24.2 Å². The van der Waals surface area contributed by atoms with Gasteiger partial charge in [-0.1, -0.05) is 19.9 Å². The van der Waals surface area contributed by atoms with E-state index in [2.05, 4.69) is 18.7 Å². The zero-order valence-electron chi connectivity index (χ0n) is 14.0. The maximum atomic E-state index is 10.2. The van der Waals surface area contributed by atoms with Crippen LogP contribution in [-0.2, 0) is 11.3 Å². The highest BCUT2D eigenvalue weighted by atomic mass is 16.7. The van der Waals surface area contributed by atoms with E-state index in [0.29, 0.717) is 31.6 Å². The van der Waals surface area contributed by atoms with Crippen LogP contribution in [0.5, 0.6) is 11.5 Å². The molecule has 23 heavy (non-hydrogen) atoms. The Morgan fingerprint density at radius 1 is 1.22 bits per heavy atom. The van der Waals surface area contributed by atoms with E-state index in [0.717, 1.165) is 30.2 Å². The molecule has 0 bridgehead atoms. The lowest BCUT2D eigenvalue weighted by Crippen LogP contribution is -2.43. The molecule has 5 heteroatoms. The summed E-state index contributed by atoms with van der Waals surface area (Å²) in [7, 11) is 0. The van der Waals surface area contributed by atoms with Crippen molar-refractivity contribution in [2.24, 2.45) is 11.8 Å². The van der Waals surface area contributed by atoms with Crippen molar-refractivity contribution in [1.29, 1.82) is 0 Å². The van der Waals surface area contributed by atoms with Crippen molar-refractivity contribution >= 4 is 0 Å². The number of piperidine rings is 1. The van der Waals surface area contributed by atoms with Crippen molar-refractivity contribution in [3.63, 3.8) is 0 Å². The number of hydrogen-bond acceptors (Lipinski definition) is 5. The topological polar surface area (TPSA) is 51.2 Å². The van der Waals surface area contributed by atoms with Crippen LogP contribution in [0.3, 0.4) is 0 Å². The molecular formula is C18H27NO4. The summed E-state index contributed by atoms with van der Waals surface area (Å²) < 4.78 is 16.3. The summed E-state index contributed by atoms with van der Waals surface area (Å²) in [4.78, 5) is 2.35. The van der Waals surface area contributed by atoms with Gasteiger partial charge >= 0.3 is 0 Å². The van der Waals surface area contributed by atoms with Gasteiger partial charge in [-0.3, -0.25) is 0 Å². The number of nitrogens with zero attached hydrogens (tertiary/aromatic N) is 1. The van der Waals surface area contributed by atoms with E-state index in [9.17, 15) is 5.11 Å². The molecule has 0 saturated carbocycles. The summed E-state index contributed by atoms with van der Waals surface area (Å²) in [6, 6.07) is 5.80. The van der Waals surface area contributed by atoms with Gasteiger partial charge in [-0.25, -0.2) is 0 Å². The molecule has 2 aliphatic rings. The molecular weight excluding hydrogens is 294 g/mol. The predicted molar refractivity (Wildman–Crippen MR) is 87.6 cm³/mol. The van der Waals surface area contributed by atoms with E-state index in [4.69, 9.17) is 14.2 Å². The number of aliphatic hydroxyl groups is 1. The molecule has 1 aromatic rings. The van der Waals surface area contributed by atoms with Crippen LogP contribution in [0.25, 0.3) is 0 Å². The van der Waals surface area contributed by atoms with Gasteiger partial charge in [0.1, 0.15) is 0 Å². The van der Waals surface area contributed by atoms with Gasteiger partial charge in [0.2, 0.25) is 6.79 Å². The van der Waals surface area contributed by atoms with Crippen molar-refractivity contribution in [3.8, 4) is 11.5 Å². The molecule has 1 N–H and O–H groups in total. The molecule has 0 amide bonds. The fourth-order valence-corrected chi connectivity index (χ4v) is 3.64. The van der Waals surface area contributed by atoms with Crippen molar-refractivity contribution in [3.05, 3.63) is 23.8 Å². The lowest BCUT2D eigenvalue weighted by atomic mass is 9.92. The van der Waals surface area contributed by atoms with Crippen molar-refractivity contribution in [1.82, 2.24) is 4.90 Å². The number of hydrogen-bond donors (Lipinski definition) is 1. The largest absolute Gasteiger partial charge is 0.454 e. The van der Waals surface area contributed by atoms with Crippen LogP contribution < -0.4 is 9.47 Å². The quantitative estimate of drug-likeness (QED) is 0.871. The molecule has 0 aliphatic carbocycles. The highest BCUT2D eigenvalue weighted by molar-refractivity contribution is 5.44. The van der Waals surface area contributed by atoms with Crippen LogP contribution in [0.2, 0.25) is 0 Å². The van der Waals surface area contributed by atoms with Crippen molar-refractivity contribution < 1.29 is 19.3 Å². The van der Waals surface area contributed by atoms with Gasteiger partial charge in [0.05, 0.1) is 19.3 Å². The lowest BCUT2D eigenvalue weighted by molar-refractivity contribution is -0.000915. The molecule has 1 aromatic carbocycles. The third-order valence-corrected chi connectivity index (χ3v) is 4.43. The van der Waals surface area contributed by atoms with Crippen molar-refractivity contribution in [2.75, 3.05) is 33.0 Å². The Hall–Kier alpha value is -1.30. The number of ether oxygens (including phenoxy) is 3. The van der Waals surface area contributed by atoms with E-state index < -0.39 is 6.10 Å². The number of β-amino-alcohol motifs (C(OH)–C–C–N with tert-alkyl or cyclic N) is 1. The van der Waals surface area contributed by atoms with Gasteiger partial charge in [-0.2, -0.15) is 0 Å². The van der Waals surface area contributed by atoms with Gasteiger partial charge in [0.15, 0.2) is 11.5 Å². The standard InChI is InChI=1S/C18H27NO4/c1-13-5-14(2)8-19(7-13)9-16(20)11-21-10-15-3-4-17-18(6-15)23-12-22-17/h3-4,6,13-14,16,20H,5,7-12H2,1-2H3/t13-,14+,16-/m0/s1. The number of fused-ring (bicyclic) bond motifs is 1. The summed E-state index contributed by atoms with van der Waals surface area (Å²) in [5, 5.41) is 10.2. The second-order valence-corrected chi connectivity index (χ2v) is 7.02. The molecule has 1 saturated heterocycles. The molecule has 0 spiro atoms. The van der Waals surface area contributed by atoms with Gasteiger partial charge in [0.25, 0.3) is 0 Å². The van der Waals surface area contributed by atoms with E-state index in [1.807, 2.05) is 18.2 Å². The summed E-state index contributed by atoms with van der Waals surface area (Å²) in [5.41, 5.74) is 1.03. The normalized spacial score (nSPS) is 25.5. The first-order chi connectivity index (χ1) is 11.1. The highest BCUT2D eigenvalue weighted by Gasteiger charge is 2.23. The Bertz CT molecular complexity index is 512.